The molecule has 0 N–H and O–H groups in total. The molecule has 0 aromatic heterocycles. The molecule has 0 amide bonds. The van der Waals surface area contributed by atoms with Gasteiger partial charge in [0.05, 0.1) is 0 Å². The highest BCUT2D eigenvalue weighted by Gasteiger charge is 2.23. The molecule has 0 aliphatic rings. The topological polar surface area (TPSA) is 0 Å². The van der Waals surface area contributed by atoms with E-state index in [1.54, 1.807) is 0 Å². The van der Waals surface area contributed by atoms with Gasteiger partial charge in [-0.2, -0.15) is 0 Å². The molecule has 2 rings (SSSR count). The van der Waals surface area contributed by atoms with Crippen LogP contribution in [0.15, 0.2) is 54.6 Å². The van der Waals surface area contributed by atoms with Crippen molar-refractivity contribution < 1.29 is 0 Å². The van der Waals surface area contributed by atoms with Gasteiger partial charge in [0.2, 0.25) is 0 Å². The predicted molar refractivity (Wildman–Crippen MR) is 96.4 cm³/mol. The molecule has 0 heterocycles. The molecule has 0 spiro atoms. The van der Waals surface area contributed by atoms with Crippen LogP contribution in [0.4, 0.5) is 0 Å². The van der Waals surface area contributed by atoms with Crippen molar-refractivity contribution >= 4 is 15.9 Å². The Hall–Kier alpha value is -1.08. The minimum Gasteiger partial charge on any atom is -0.0925 e. The van der Waals surface area contributed by atoms with E-state index < -0.39 is 0 Å². The molecule has 2 unspecified atom stereocenters. The van der Waals surface area contributed by atoms with Gasteiger partial charge in [-0.15, -0.1) is 0 Å². The third-order valence-electron chi connectivity index (χ3n) is 4.75. The average Bonchev–Trinajstić information content (AvgIpc) is 2.54. The largest absolute Gasteiger partial charge is 0.0925 e. The second kappa shape index (κ2) is 6.79. The van der Waals surface area contributed by atoms with Crippen LogP contribution in [0, 0.1) is 5.92 Å². The first-order valence-electron chi connectivity index (χ1n) is 7.68. The summed E-state index contributed by atoms with van der Waals surface area (Å²) in [5.41, 5.74) is 4.20. The van der Waals surface area contributed by atoms with E-state index in [2.05, 4.69) is 98.2 Å². The minimum absolute atomic E-state index is 0.0457. The lowest BCUT2D eigenvalue weighted by molar-refractivity contribution is 0.546. The summed E-state index contributed by atoms with van der Waals surface area (Å²) in [6.07, 6.45) is 0. The van der Waals surface area contributed by atoms with Crippen LogP contribution in [0.3, 0.4) is 0 Å². The van der Waals surface area contributed by atoms with Crippen LogP contribution in [0.5, 0.6) is 0 Å². The lowest BCUT2D eigenvalue weighted by atomic mass is 9.77. The first-order valence-corrected chi connectivity index (χ1v) is 8.81. The van der Waals surface area contributed by atoms with Gasteiger partial charge in [0.25, 0.3) is 0 Å². The molecule has 112 valence electrons. The van der Waals surface area contributed by atoms with Crippen molar-refractivity contribution in [2.75, 3.05) is 5.33 Å². The van der Waals surface area contributed by atoms with Crippen molar-refractivity contribution in [3.05, 3.63) is 71.3 Å². The number of rotatable bonds is 5. The van der Waals surface area contributed by atoms with Crippen LogP contribution in [-0.2, 0) is 5.41 Å². The SMILES string of the molecule is CC(CBr)C(C)c1ccc(C(C)(C)c2ccccc2)cc1. The van der Waals surface area contributed by atoms with Gasteiger partial charge >= 0.3 is 0 Å². The van der Waals surface area contributed by atoms with E-state index in [-0.39, 0.29) is 5.41 Å². The highest BCUT2D eigenvalue weighted by atomic mass is 79.9. The zero-order valence-electron chi connectivity index (χ0n) is 13.4. The average molecular weight is 345 g/mol. The fourth-order valence-corrected chi connectivity index (χ4v) is 3.25. The van der Waals surface area contributed by atoms with Gasteiger partial charge < -0.3 is 0 Å². The van der Waals surface area contributed by atoms with Crippen molar-refractivity contribution in [2.45, 2.75) is 39.0 Å². The van der Waals surface area contributed by atoms with Crippen molar-refractivity contribution in [1.82, 2.24) is 0 Å². The monoisotopic (exact) mass is 344 g/mol. The van der Waals surface area contributed by atoms with Crippen LogP contribution >= 0.6 is 15.9 Å². The third kappa shape index (κ3) is 3.58. The summed E-state index contributed by atoms with van der Waals surface area (Å²) >= 11 is 3.59. The van der Waals surface area contributed by atoms with Crippen LogP contribution in [0.2, 0.25) is 0 Å². The van der Waals surface area contributed by atoms with Gasteiger partial charge in [0, 0.05) is 10.7 Å². The summed E-state index contributed by atoms with van der Waals surface area (Å²) in [4.78, 5) is 0. The summed E-state index contributed by atoms with van der Waals surface area (Å²) in [5, 5.41) is 1.05. The molecule has 0 aliphatic heterocycles. The lowest BCUT2D eigenvalue weighted by Gasteiger charge is -2.27. The molecule has 0 saturated heterocycles. The maximum atomic E-state index is 3.59. The van der Waals surface area contributed by atoms with Gasteiger partial charge in [-0.05, 0) is 28.5 Å². The van der Waals surface area contributed by atoms with Crippen LogP contribution < -0.4 is 0 Å². The van der Waals surface area contributed by atoms with E-state index in [0.29, 0.717) is 11.8 Å². The molecule has 2 aromatic rings. The second-order valence-corrected chi connectivity index (χ2v) is 7.18. The van der Waals surface area contributed by atoms with E-state index in [9.17, 15) is 0 Å². The normalized spacial score (nSPS) is 14.7. The fourth-order valence-electron chi connectivity index (χ4n) is 2.69. The molecular formula is C20H25Br. The smallest absolute Gasteiger partial charge is 0.0146 e. The quantitative estimate of drug-likeness (QED) is 0.570. The van der Waals surface area contributed by atoms with Gasteiger partial charge in [0.1, 0.15) is 0 Å². The van der Waals surface area contributed by atoms with E-state index in [4.69, 9.17) is 0 Å². The molecule has 2 atom stereocenters. The molecule has 21 heavy (non-hydrogen) atoms. The van der Waals surface area contributed by atoms with Gasteiger partial charge in [0.15, 0.2) is 0 Å². The van der Waals surface area contributed by atoms with Crippen molar-refractivity contribution in [3.63, 3.8) is 0 Å². The van der Waals surface area contributed by atoms with Gasteiger partial charge in [-0.3, -0.25) is 0 Å². The van der Waals surface area contributed by atoms with Crippen molar-refractivity contribution in [1.29, 1.82) is 0 Å². The predicted octanol–water partition coefficient (Wildman–Crippen LogP) is 6.15. The van der Waals surface area contributed by atoms with E-state index in [0.717, 1.165) is 5.33 Å². The zero-order chi connectivity index (χ0) is 15.5. The maximum Gasteiger partial charge on any atom is 0.0146 e. The van der Waals surface area contributed by atoms with Crippen molar-refractivity contribution in [2.24, 2.45) is 5.92 Å². The molecular weight excluding hydrogens is 320 g/mol. The summed E-state index contributed by atoms with van der Waals surface area (Å²) in [7, 11) is 0. The van der Waals surface area contributed by atoms with Crippen LogP contribution in [-0.4, -0.2) is 5.33 Å². The molecule has 1 heteroatoms. The standard InChI is InChI=1S/C20H25Br/c1-15(14-21)16(2)17-10-12-19(13-11-17)20(3,4)18-8-6-5-7-9-18/h5-13,15-16H,14H2,1-4H3. The Balaban J connectivity index is 2.26. The number of alkyl halides is 1. The van der Waals surface area contributed by atoms with E-state index in [1.807, 2.05) is 0 Å². The summed E-state index contributed by atoms with van der Waals surface area (Å²) in [5.74, 6) is 1.23. The third-order valence-corrected chi connectivity index (χ3v) is 5.77. The molecule has 0 bridgehead atoms. The first-order chi connectivity index (χ1) is 9.96. The lowest BCUT2D eigenvalue weighted by Crippen LogP contribution is -2.19. The maximum absolute atomic E-state index is 3.59. The Labute approximate surface area is 137 Å². The molecule has 0 radical (unpaired) electrons. The van der Waals surface area contributed by atoms with Crippen LogP contribution in [0.25, 0.3) is 0 Å². The number of benzene rings is 2. The van der Waals surface area contributed by atoms with E-state index >= 15 is 0 Å². The van der Waals surface area contributed by atoms with Crippen LogP contribution in [0.1, 0.15) is 50.3 Å². The highest BCUT2D eigenvalue weighted by Crippen LogP contribution is 2.33. The Kier molecular flexibility index (Phi) is 5.27. The molecule has 0 fully saturated rings. The van der Waals surface area contributed by atoms with E-state index in [1.165, 1.54) is 16.7 Å². The first kappa shape index (κ1) is 16.3. The fraction of sp³-hybridized carbons (Fsp3) is 0.400. The molecule has 0 aliphatic carbocycles. The summed E-state index contributed by atoms with van der Waals surface area (Å²) in [6.45, 7) is 9.19. The Bertz CT molecular complexity index is 554. The van der Waals surface area contributed by atoms with Gasteiger partial charge in [-0.1, -0.05) is 98.2 Å². The Morgan fingerprint density at radius 1 is 0.857 bits per heavy atom. The zero-order valence-corrected chi connectivity index (χ0v) is 15.0. The summed E-state index contributed by atoms with van der Waals surface area (Å²) < 4.78 is 0. The highest BCUT2D eigenvalue weighted by molar-refractivity contribution is 9.09. The second-order valence-electron chi connectivity index (χ2n) is 6.53. The Morgan fingerprint density at radius 3 is 1.90 bits per heavy atom. The number of hydrogen-bond acceptors (Lipinski definition) is 0. The minimum atomic E-state index is 0.0457. The molecule has 0 saturated carbocycles. The number of halogens is 1. The molecule has 2 aromatic carbocycles. The molecule has 0 nitrogen and oxygen atoms in total. The van der Waals surface area contributed by atoms with Crippen molar-refractivity contribution in [3.8, 4) is 0 Å². The summed E-state index contributed by atoms with van der Waals surface area (Å²) in [6, 6.07) is 19.9. The van der Waals surface area contributed by atoms with Gasteiger partial charge in [-0.25, -0.2) is 0 Å². The number of hydrogen-bond donors (Lipinski definition) is 0. The Morgan fingerprint density at radius 2 is 1.38 bits per heavy atom.